The van der Waals surface area contributed by atoms with Gasteiger partial charge in [0.2, 0.25) is 0 Å². The highest BCUT2D eigenvalue weighted by Crippen LogP contribution is 2.48. The first-order valence-electron chi connectivity index (χ1n) is 4.30. The Hall–Kier alpha value is -0.980. The maximum absolute atomic E-state index is 11.1. The van der Waals surface area contributed by atoms with Crippen molar-refractivity contribution < 1.29 is 14.7 Å². The monoisotopic (exact) mass is 278 g/mol. The number of hydrogen-bond acceptors (Lipinski definition) is 5. The van der Waals surface area contributed by atoms with Crippen LogP contribution in [0.15, 0.2) is 5.16 Å². The molecule has 2 atom stereocenters. The van der Waals surface area contributed by atoms with E-state index in [1.54, 1.807) is 0 Å². The number of ether oxygens (including phenoxy) is 1. The Labute approximate surface area is 104 Å². The number of rotatable bonds is 0. The maximum atomic E-state index is 11.1. The molecule has 1 aliphatic carbocycles. The van der Waals surface area contributed by atoms with Crippen LogP contribution in [0.5, 0.6) is 0 Å². The standard InChI is InChI=1S/C8H4Cl2N2O3S/c9-6-1-2(7(10)16-6)4(12-14)5-3(1)11-8(13)15-5/h3,5,14H,(H,11,13)/t3-,5-/m0/s1. The molecule has 0 unspecified atom stereocenters. The van der Waals surface area contributed by atoms with Gasteiger partial charge in [-0.1, -0.05) is 28.4 Å². The third-order valence-electron chi connectivity index (χ3n) is 2.61. The summed E-state index contributed by atoms with van der Waals surface area (Å²) in [5, 5.41) is 14.7. The van der Waals surface area contributed by atoms with Gasteiger partial charge in [-0.2, -0.15) is 0 Å². The Balaban J connectivity index is 2.23. The van der Waals surface area contributed by atoms with Crippen LogP contribution in [-0.4, -0.2) is 23.1 Å². The molecule has 3 rings (SSSR count). The minimum absolute atomic E-state index is 0.242. The molecule has 0 bridgehead atoms. The van der Waals surface area contributed by atoms with Gasteiger partial charge in [-0.15, -0.1) is 11.3 Å². The molecule has 1 amide bonds. The lowest BCUT2D eigenvalue weighted by atomic mass is 10.2. The number of carbonyl (C=O) groups excluding carboxylic acids is 1. The largest absolute Gasteiger partial charge is 0.437 e. The zero-order chi connectivity index (χ0) is 11.4. The van der Waals surface area contributed by atoms with E-state index in [4.69, 9.17) is 33.1 Å². The lowest BCUT2D eigenvalue weighted by Gasteiger charge is -2.06. The molecule has 1 aliphatic heterocycles. The predicted molar refractivity (Wildman–Crippen MR) is 58.8 cm³/mol. The van der Waals surface area contributed by atoms with Crippen molar-refractivity contribution in [3.63, 3.8) is 0 Å². The van der Waals surface area contributed by atoms with E-state index in [2.05, 4.69) is 10.5 Å². The van der Waals surface area contributed by atoms with E-state index in [0.717, 1.165) is 0 Å². The minimum atomic E-state index is -0.647. The number of thiophene rings is 1. The molecule has 84 valence electrons. The average Bonchev–Trinajstić information content (AvgIpc) is 2.78. The number of oxime groups is 1. The fourth-order valence-electron chi connectivity index (χ4n) is 2.01. The van der Waals surface area contributed by atoms with Gasteiger partial charge in [0, 0.05) is 11.1 Å². The smallest absolute Gasteiger partial charge is 0.408 e. The van der Waals surface area contributed by atoms with E-state index >= 15 is 0 Å². The van der Waals surface area contributed by atoms with Crippen molar-refractivity contribution in [3.8, 4) is 0 Å². The van der Waals surface area contributed by atoms with Crippen LogP contribution in [0, 0.1) is 0 Å². The summed E-state index contributed by atoms with van der Waals surface area (Å²) in [6, 6.07) is -0.412. The Morgan fingerprint density at radius 1 is 1.44 bits per heavy atom. The number of amides is 1. The van der Waals surface area contributed by atoms with Crippen LogP contribution in [0.1, 0.15) is 17.2 Å². The molecule has 2 N–H and O–H groups in total. The summed E-state index contributed by atoms with van der Waals surface area (Å²) in [6.45, 7) is 0. The topological polar surface area (TPSA) is 70.9 Å². The van der Waals surface area contributed by atoms with E-state index in [0.29, 0.717) is 19.8 Å². The molecule has 1 aromatic heterocycles. The molecule has 0 radical (unpaired) electrons. The first kappa shape index (κ1) is 10.2. The second kappa shape index (κ2) is 3.26. The van der Waals surface area contributed by atoms with Crippen LogP contribution in [0.4, 0.5) is 4.79 Å². The van der Waals surface area contributed by atoms with Crippen LogP contribution in [-0.2, 0) is 4.74 Å². The highest BCUT2D eigenvalue weighted by Gasteiger charge is 2.50. The highest BCUT2D eigenvalue weighted by molar-refractivity contribution is 7.20. The fraction of sp³-hybridized carbons (Fsp3) is 0.250. The molecule has 0 spiro atoms. The fourth-order valence-corrected chi connectivity index (χ4v) is 3.82. The number of nitrogens with zero attached hydrogens (tertiary/aromatic N) is 1. The molecule has 2 aliphatic rings. The summed E-state index contributed by atoms with van der Waals surface area (Å²) in [5.41, 5.74) is 1.47. The molecule has 0 aromatic carbocycles. The SMILES string of the molecule is O=C1N[C@H]2c3c(Cl)sc(Cl)c3C(=NO)[C@H]2O1. The van der Waals surface area contributed by atoms with Gasteiger partial charge >= 0.3 is 6.09 Å². The summed E-state index contributed by atoms with van der Waals surface area (Å²) in [6.07, 6.45) is -1.20. The molecule has 2 heterocycles. The zero-order valence-electron chi connectivity index (χ0n) is 7.53. The number of hydrogen-bond donors (Lipinski definition) is 2. The summed E-state index contributed by atoms with van der Waals surface area (Å²) < 4.78 is 5.89. The molecular formula is C8H4Cl2N2O3S. The lowest BCUT2D eigenvalue weighted by Crippen LogP contribution is -2.21. The van der Waals surface area contributed by atoms with E-state index < -0.39 is 18.2 Å². The van der Waals surface area contributed by atoms with Gasteiger partial charge in [0.1, 0.15) is 20.4 Å². The summed E-state index contributed by atoms with van der Waals surface area (Å²) in [5.74, 6) is 0. The Morgan fingerprint density at radius 2 is 2.19 bits per heavy atom. The summed E-state index contributed by atoms with van der Waals surface area (Å²) >= 11 is 13.2. The van der Waals surface area contributed by atoms with Gasteiger partial charge in [-0.05, 0) is 0 Å². The molecular weight excluding hydrogens is 275 g/mol. The Bertz CT molecular complexity index is 528. The molecule has 5 nitrogen and oxygen atoms in total. The minimum Gasteiger partial charge on any atom is -0.437 e. The number of nitrogens with one attached hydrogen (secondary N) is 1. The second-order valence-corrected chi connectivity index (χ2v) is 5.60. The van der Waals surface area contributed by atoms with Gasteiger partial charge in [0.15, 0.2) is 6.10 Å². The number of fused-ring (bicyclic) bond motifs is 3. The van der Waals surface area contributed by atoms with Crippen molar-refractivity contribution in [2.75, 3.05) is 0 Å². The van der Waals surface area contributed by atoms with Crippen molar-refractivity contribution in [1.29, 1.82) is 0 Å². The zero-order valence-corrected chi connectivity index (χ0v) is 9.86. The lowest BCUT2D eigenvalue weighted by molar-refractivity contribution is 0.160. The van der Waals surface area contributed by atoms with Crippen molar-refractivity contribution in [2.24, 2.45) is 5.16 Å². The van der Waals surface area contributed by atoms with E-state index in [9.17, 15) is 4.79 Å². The van der Waals surface area contributed by atoms with Crippen LogP contribution >= 0.6 is 34.5 Å². The van der Waals surface area contributed by atoms with E-state index in [1.165, 1.54) is 11.3 Å². The van der Waals surface area contributed by atoms with Crippen LogP contribution < -0.4 is 5.32 Å². The quantitative estimate of drug-likeness (QED) is 0.566. The second-order valence-electron chi connectivity index (χ2n) is 3.37. The summed E-state index contributed by atoms with van der Waals surface area (Å²) in [4.78, 5) is 11.1. The van der Waals surface area contributed by atoms with Crippen molar-refractivity contribution in [1.82, 2.24) is 5.32 Å². The molecule has 8 heteroatoms. The molecule has 1 aromatic rings. The third-order valence-corrected chi connectivity index (χ3v) is 4.25. The van der Waals surface area contributed by atoms with Gasteiger partial charge in [-0.3, -0.25) is 0 Å². The molecule has 0 saturated carbocycles. The Morgan fingerprint density at radius 3 is 2.88 bits per heavy atom. The van der Waals surface area contributed by atoms with E-state index in [1.807, 2.05) is 0 Å². The molecule has 16 heavy (non-hydrogen) atoms. The normalized spacial score (nSPS) is 28.9. The first-order valence-corrected chi connectivity index (χ1v) is 5.88. The van der Waals surface area contributed by atoms with Crippen molar-refractivity contribution >= 4 is 46.3 Å². The van der Waals surface area contributed by atoms with Crippen molar-refractivity contribution in [2.45, 2.75) is 12.1 Å². The maximum Gasteiger partial charge on any atom is 0.408 e. The van der Waals surface area contributed by atoms with Crippen LogP contribution in [0.2, 0.25) is 8.67 Å². The van der Waals surface area contributed by atoms with Crippen LogP contribution in [0.25, 0.3) is 0 Å². The predicted octanol–water partition coefficient (Wildman–Crippen LogP) is 2.40. The van der Waals surface area contributed by atoms with Gasteiger partial charge in [-0.25, -0.2) is 4.79 Å². The van der Waals surface area contributed by atoms with E-state index in [-0.39, 0.29) is 5.71 Å². The average molecular weight is 279 g/mol. The Kier molecular flexibility index (Phi) is 2.07. The molecule has 1 fully saturated rings. The van der Waals surface area contributed by atoms with Gasteiger partial charge in [0.25, 0.3) is 0 Å². The number of carbonyl (C=O) groups is 1. The molecule has 1 saturated heterocycles. The number of alkyl carbamates (subject to hydrolysis) is 1. The number of halogens is 2. The summed E-state index contributed by atoms with van der Waals surface area (Å²) in [7, 11) is 0. The third kappa shape index (κ3) is 1.12. The highest BCUT2D eigenvalue weighted by atomic mass is 35.5. The van der Waals surface area contributed by atoms with Crippen LogP contribution in [0.3, 0.4) is 0 Å². The van der Waals surface area contributed by atoms with Crippen molar-refractivity contribution in [3.05, 3.63) is 19.8 Å². The first-order chi connectivity index (χ1) is 7.63. The van der Waals surface area contributed by atoms with Gasteiger partial charge in [0.05, 0.1) is 0 Å². The van der Waals surface area contributed by atoms with Gasteiger partial charge < -0.3 is 15.3 Å².